The highest BCUT2D eigenvalue weighted by Crippen LogP contribution is 2.36. The number of carbonyl (C=O) groups excluding carboxylic acids is 1. The number of alkyl halides is 3. The number of carbonyl (C=O) groups is 1. The van der Waals surface area contributed by atoms with Gasteiger partial charge in [-0.15, -0.1) is 11.3 Å². The molecule has 0 spiro atoms. The Morgan fingerprint density at radius 1 is 1.21 bits per heavy atom. The van der Waals surface area contributed by atoms with Crippen molar-refractivity contribution in [3.8, 4) is 16.9 Å². The Morgan fingerprint density at radius 2 is 1.94 bits per heavy atom. The van der Waals surface area contributed by atoms with Crippen LogP contribution in [0.2, 0.25) is 5.02 Å². The summed E-state index contributed by atoms with van der Waals surface area (Å²) in [5.74, 6) is 0.0169. The van der Waals surface area contributed by atoms with Crippen LogP contribution in [-0.2, 0) is 17.5 Å². The van der Waals surface area contributed by atoms with E-state index in [4.69, 9.17) is 16.3 Å². The molecular weight excluding hydrogens is 479 g/mol. The number of fused-ring (bicyclic) bond motifs is 1. The van der Waals surface area contributed by atoms with Crippen molar-refractivity contribution in [3.63, 3.8) is 0 Å². The smallest absolute Gasteiger partial charge is 0.417 e. The number of aromatic nitrogens is 2. The van der Waals surface area contributed by atoms with Gasteiger partial charge in [0, 0.05) is 16.6 Å². The number of halogens is 4. The highest BCUT2D eigenvalue weighted by molar-refractivity contribution is 7.17. The Hall–Kier alpha value is -3.37. The Morgan fingerprint density at radius 3 is 2.61 bits per heavy atom. The first kappa shape index (κ1) is 22.8. The lowest BCUT2D eigenvalue weighted by molar-refractivity contribution is -0.137. The number of thiophene rings is 1. The maximum absolute atomic E-state index is 13.0. The van der Waals surface area contributed by atoms with Crippen LogP contribution < -0.4 is 15.6 Å². The Bertz CT molecular complexity index is 1400. The second-order valence-electron chi connectivity index (χ2n) is 6.97. The number of nitrogens with one attached hydrogen (secondary N) is 1. The lowest BCUT2D eigenvalue weighted by Crippen LogP contribution is -2.27. The Kier molecular flexibility index (Phi) is 6.13. The molecule has 0 atom stereocenters. The topological polar surface area (TPSA) is 73.2 Å². The molecule has 0 fully saturated rings. The van der Waals surface area contributed by atoms with E-state index in [1.165, 1.54) is 23.7 Å². The number of ether oxygens (including phenoxy) is 1. The maximum atomic E-state index is 13.0. The molecule has 0 aliphatic heterocycles. The molecule has 0 bridgehead atoms. The van der Waals surface area contributed by atoms with Gasteiger partial charge < -0.3 is 10.1 Å². The molecule has 0 unspecified atom stereocenters. The van der Waals surface area contributed by atoms with E-state index in [0.717, 1.165) is 27.8 Å². The predicted octanol–water partition coefficient (Wildman–Crippen LogP) is 5.44. The molecule has 0 saturated carbocycles. The Labute approximate surface area is 194 Å². The molecule has 1 amide bonds. The number of anilines is 1. The van der Waals surface area contributed by atoms with Gasteiger partial charge >= 0.3 is 6.18 Å². The molecule has 1 N–H and O–H groups in total. The van der Waals surface area contributed by atoms with Crippen LogP contribution in [0, 0.1) is 0 Å². The van der Waals surface area contributed by atoms with Crippen LogP contribution in [0.1, 0.15) is 5.56 Å². The van der Waals surface area contributed by atoms with Crippen LogP contribution in [0.4, 0.5) is 18.9 Å². The normalized spacial score (nSPS) is 11.5. The van der Waals surface area contributed by atoms with E-state index in [-0.39, 0.29) is 5.69 Å². The number of hydrogen-bond acceptors (Lipinski definition) is 5. The first-order chi connectivity index (χ1) is 15.7. The van der Waals surface area contributed by atoms with E-state index in [1.54, 1.807) is 24.6 Å². The monoisotopic (exact) mass is 493 g/mol. The van der Waals surface area contributed by atoms with Gasteiger partial charge in [-0.25, -0.2) is 4.98 Å². The SMILES string of the molecule is COc1ccc(-c2csc3c(=O)n(CC(=O)Nc4ccc(Cl)c(C(F)(F)F)c4)cnc23)cc1. The van der Waals surface area contributed by atoms with E-state index in [0.29, 0.717) is 16.0 Å². The molecule has 0 aliphatic rings. The van der Waals surface area contributed by atoms with Crippen molar-refractivity contribution < 1.29 is 22.7 Å². The minimum Gasteiger partial charge on any atom is -0.497 e. The summed E-state index contributed by atoms with van der Waals surface area (Å²) in [7, 11) is 1.57. The molecule has 6 nitrogen and oxygen atoms in total. The largest absolute Gasteiger partial charge is 0.497 e. The summed E-state index contributed by atoms with van der Waals surface area (Å²) in [4.78, 5) is 29.6. The van der Waals surface area contributed by atoms with Crippen molar-refractivity contribution in [2.45, 2.75) is 12.7 Å². The van der Waals surface area contributed by atoms with Crippen molar-refractivity contribution in [2.75, 3.05) is 12.4 Å². The van der Waals surface area contributed by atoms with Gasteiger partial charge in [-0.3, -0.25) is 14.2 Å². The van der Waals surface area contributed by atoms with Crippen molar-refractivity contribution in [1.29, 1.82) is 0 Å². The average molecular weight is 494 g/mol. The first-order valence-corrected chi connectivity index (χ1v) is 10.7. The predicted molar refractivity (Wildman–Crippen MR) is 121 cm³/mol. The van der Waals surface area contributed by atoms with Gasteiger partial charge in [-0.05, 0) is 35.9 Å². The summed E-state index contributed by atoms with van der Waals surface area (Å²) < 4.78 is 45.7. The molecule has 33 heavy (non-hydrogen) atoms. The fourth-order valence-corrected chi connectivity index (χ4v) is 4.41. The lowest BCUT2D eigenvalue weighted by Gasteiger charge is -2.12. The summed E-state index contributed by atoms with van der Waals surface area (Å²) >= 11 is 6.79. The molecule has 2 heterocycles. The third-order valence-electron chi connectivity index (χ3n) is 4.82. The van der Waals surface area contributed by atoms with Crippen molar-refractivity contribution in [3.05, 3.63) is 75.1 Å². The Balaban J connectivity index is 1.56. The van der Waals surface area contributed by atoms with Crippen LogP contribution >= 0.6 is 22.9 Å². The van der Waals surface area contributed by atoms with E-state index in [2.05, 4.69) is 10.3 Å². The van der Waals surface area contributed by atoms with Crippen LogP contribution in [0.25, 0.3) is 21.3 Å². The summed E-state index contributed by atoms with van der Waals surface area (Å²) in [5, 5.41) is 3.68. The van der Waals surface area contributed by atoms with Crippen LogP contribution in [0.5, 0.6) is 5.75 Å². The summed E-state index contributed by atoms with van der Waals surface area (Å²) in [6.07, 6.45) is -3.42. The van der Waals surface area contributed by atoms with Crippen molar-refractivity contribution in [1.82, 2.24) is 9.55 Å². The van der Waals surface area contributed by atoms with E-state index in [9.17, 15) is 22.8 Å². The van der Waals surface area contributed by atoms with Crippen LogP contribution in [-0.4, -0.2) is 22.6 Å². The molecule has 11 heteroatoms. The zero-order valence-corrected chi connectivity index (χ0v) is 18.5. The molecule has 0 saturated heterocycles. The minimum atomic E-state index is -4.66. The number of benzene rings is 2. The van der Waals surface area contributed by atoms with Crippen LogP contribution in [0.3, 0.4) is 0 Å². The fourth-order valence-electron chi connectivity index (χ4n) is 3.21. The first-order valence-electron chi connectivity index (χ1n) is 9.45. The van der Waals surface area contributed by atoms with E-state index >= 15 is 0 Å². The minimum absolute atomic E-state index is 0.0864. The second kappa shape index (κ2) is 8.87. The van der Waals surface area contributed by atoms with Gasteiger partial charge in [0.2, 0.25) is 5.91 Å². The average Bonchev–Trinajstić information content (AvgIpc) is 3.21. The van der Waals surface area contributed by atoms with Gasteiger partial charge in [0.25, 0.3) is 5.56 Å². The molecule has 2 aromatic heterocycles. The van der Waals surface area contributed by atoms with Crippen molar-refractivity contribution >= 4 is 44.7 Å². The zero-order valence-electron chi connectivity index (χ0n) is 16.9. The third-order valence-corrected chi connectivity index (χ3v) is 6.10. The van der Waals surface area contributed by atoms with Gasteiger partial charge in [-0.2, -0.15) is 13.2 Å². The standard InChI is InChI=1S/C22H15ClF3N3O3S/c1-32-14-5-2-12(3-6-14)15-10-33-20-19(15)27-11-29(21(20)31)9-18(30)28-13-4-7-17(23)16(8-13)22(24,25)26/h2-8,10-11H,9H2,1H3,(H,28,30). The summed E-state index contributed by atoms with van der Waals surface area (Å²) in [5.41, 5.74) is 0.551. The summed E-state index contributed by atoms with van der Waals surface area (Å²) in [6, 6.07) is 10.3. The second-order valence-corrected chi connectivity index (χ2v) is 8.26. The molecular formula is C22H15ClF3N3O3S. The molecule has 0 radical (unpaired) electrons. The van der Waals surface area contributed by atoms with Gasteiger partial charge in [-0.1, -0.05) is 23.7 Å². The van der Waals surface area contributed by atoms with Gasteiger partial charge in [0.15, 0.2) is 0 Å². The molecule has 2 aromatic carbocycles. The summed E-state index contributed by atoms with van der Waals surface area (Å²) in [6.45, 7) is -0.415. The third kappa shape index (κ3) is 4.71. The van der Waals surface area contributed by atoms with E-state index in [1.807, 2.05) is 12.1 Å². The highest BCUT2D eigenvalue weighted by atomic mass is 35.5. The molecule has 170 valence electrons. The number of methoxy groups -OCH3 is 1. The number of rotatable bonds is 5. The number of hydrogen-bond donors (Lipinski definition) is 1. The van der Waals surface area contributed by atoms with E-state index < -0.39 is 34.8 Å². The highest BCUT2D eigenvalue weighted by Gasteiger charge is 2.33. The quantitative estimate of drug-likeness (QED) is 0.401. The fraction of sp³-hybridized carbons (Fsp3) is 0.136. The molecule has 4 rings (SSSR count). The number of nitrogens with zero attached hydrogens (tertiary/aromatic N) is 2. The zero-order chi connectivity index (χ0) is 23.8. The lowest BCUT2D eigenvalue weighted by atomic mass is 10.1. The maximum Gasteiger partial charge on any atom is 0.417 e. The molecule has 0 aliphatic carbocycles. The van der Waals surface area contributed by atoms with Crippen LogP contribution in [0.15, 0.2) is 59.0 Å². The van der Waals surface area contributed by atoms with Gasteiger partial charge in [0.1, 0.15) is 17.0 Å². The molecule has 4 aromatic rings. The van der Waals surface area contributed by atoms with Gasteiger partial charge in [0.05, 0.1) is 29.5 Å². The van der Waals surface area contributed by atoms with Crippen molar-refractivity contribution in [2.24, 2.45) is 0 Å². The number of amides is 1.